The molecule has 0 saturated carbocycles. The van der Waals surface area contributed by atoms with Crippen molar-refractivity contribution in [3.63, 3.8) is 0 Å². The zero-order valence-electron chi connectivity index (χ0n) is 8.52. The molecule has 0 radical (unpaired) electrons. The van der Waals surface area contributed by atoms with Gasteiger partial charge < -0.3 is 10.1 Å². The van der Waals surface area contributed by atoms with E-state index in [4.69, 9.17) is 5.11 Å². The molecule has 4 nitrogen and oxygen atoms in total. The molecule has 0 aliphatic rings. The minimum absolute atomic E-state index is 0.0460. The van der Waals surface area contributed by atoms with Gasteiger partial charge in [-0.2, -0.15) is 13.2 Å². The second-order valence-corrected chi connectivity index (χ2v) is 3.32. The molecule has 18 heavy (non-hydrogen) atoms. The molecule has 0 bridgehead atoms. The van der Waals surface area contributed by atoms with E-state index in [9.17, 15) is 31.5 Å². The Hall–Kier alpha value is -1.93. The lowest BCUT2D eigenvalue weighted by Gasteiger charge is -2.12. The summed E-state index contributed by atoms with van der Waals surface area (Å²) in [6.07, 6.45) is -9.58. The predicted molar refractivity (Wildman–Crippen MR) is 48.4 cm³/mol. The molecule has 0 aliphatic heterocycles. The molecule has 0 aromatic carbocycles. The number of aromatic nitrogens is 1. The van der Waals surface area contributed by atoms with Gasteiger partial charge in [0.05, 0.1) is 17.7 Å². The molecule has 0 unspecified atom stereocenters. The molecule has 2 N–H and O–H groups in total. The highest BCUT2D eigenvalue weighted by Gasteiger charge is 2.36. The molecular formula is C9H6F5NO3. The van der Waals surface area contributed by atoms with Crippen molar-refractivity contribution in [2.24, 2.45) is 0 Å². The Labute approximate surface area is 96.1 Å². The molecule has 0 saturated heterocycles. The molecule has 0 spiro atoms. The fourth-order valence-electron chi connectivity index (χ4n) is 1.30. The number of halogens is 5. The molecule has 1 heterocycles. The van der Waals surface area contributed by atoms with Crippen molar-refractivity contribution >= 4 is 5.97 Å². The molecule has 1 rings (SSSR count). The standard InChI is InChI=1S/C9H6F5NO3/c10-7(11)5-2-4(9(12,13)14)3(1-6(16)17)8(18)15-5/h2,7H,1H2,(H,15,18)(H,16,17). The van der Waals surface area contributed by atoms with E-state index in [0.29, 0.717) is 0 Å². The second-order valence-electron chi connectivity index (χ2n) is 3.32. The average Bonchev–Trinajstić information content (AvgIpc) is 2.17. The number of carboxylic acid groups (broad SMARTS) is 1. The van der Waals surface area contributed by atoms with Gasteiger partial charge in [0, 0.05) is 5.56 Å². The molecule has 0 aliphatic carbocycles. The van der Waals surface area contributed by atoms with Crippen LogP contribution in [0.25, 0.3) is 0 Å². The molecule has 100 valence electrons. The molecular weight excluding hydrogens is 265 g/mol. The Balaban J connectivity index is 3.50. The lowest BCUT2D eigenvalue weighted by atomic mass is 10.1. The van der Waals surface area contributed by atoms with E-state index in [1.54, 1.807) is 0 Å². The van der Waals surface area contributed by atoms with Gasteiger partial charge in [-0.05, 0) is 6.07 Å². The van der Waals surface area contributed by atoms with Crippen molar-refractivity contribution in [1.82, 2.24) is 4.98 Å². The number of pyridine rings is 1. The van der Waals surface area contributed by atoms with Crippen LogP contribution in [-0.2, 0) is 17.4 Å². The summed E-state index contributed by atoms with van der Waals surface area (Å²) < 4.78 is 62.1. The zero-order valence-corrected chi connectivity index (χ0v) is 8.52. The summed E-state index contributed by atoms with van der Waals surface area (Å²) in [5, 5.41) is 8.39. The summed E-state index contributed by atoms with van der Waals surface area (Å²) in [5.74, 6) is -1.67. The third kappa shape index (κ3) is 3.05. The summed E-state index contributed by atoms with van der Waals surface area (Å²) in [6.45, 7) is 0. The van der Waals surface area contributed by atoms with Crippen LogP contribution in [0.15, 0.2) is 10.9 Å². The summed E-state index contributed by atoms with van der Waals surface area (Å²) in [6, 6.07) is 0.0460. The van der Waals surface area contributed by atoms with E-state index in [2.05, 4.69) is 0 Å². The van der Waals surface area contributed by atoms with Crippen molar-refractivity contribution in [2.75, 3.05) is 0 Å². The molecule has 1 aromatic heterocycles. The van der Waals surface area contributed by atoms with Crippen molar-refractivity contribution in [1.29, 1.82) is 0 Å². The van der Waals surface area contributed by atoms with Gasteiger partial charge in [-0.3, -0.25) is 9.59 Å². The quantitative estimate of drug-likeness (QED) is 0.825. The first-order chi connectivity index (χ1) is 8.12. The number of hydrogen-bond acceptors (Lipinski definition) is 2. The Morgan fingerprint density at radius 3 is 2.33 bits per heavy atom. The molecule has 0 amide bonds. The first-order valence-corrected chi connectivity index (χ1v) is 4.46. The Bertz CT molecular complexity index is 520. The number of aromatic amines is 1. The van der Waals surface area contributed by atoms with Gasteiger partial charge in [0.25, 0.3) is 12.0 Å². The molecule has 1 aromatic rings. The van der Waals surface area contributed by atoms with Crippen LogP contribution < -0.4 is 5.56 Å². The fraction of sp³-hybridized carbons (Fsp3) is 0.333. The Kier molecular flexibility index (Phi) is 3.73. The first kappa shape index (κ1) is 14.1. The van der Waals surface area contributed by atoms with Crippen LogP contribution in [-0.4, -0.2) is 16.1 Å². The number of aliphatic carboxylic acids is 1. The average molecular weight is 271 g/mol. The molecule has 0 fully saturated rings. The van der Waals surface area contributed by atoms with Crippen LogP contribution >= 0.6 is 0 Å². The number of alkyl halides is 5. The van der Waals surface area contributed by atoms with Gasteiger partial charge in [-0.1, -0.05) is 0 Å². The number of carboxylic acids is 1. The van der Waals surface area contributed by atoms with Crippen molar-refractivity contribution < 1.29 is 31.9 Å². The molecule has 9 heteroatoms. The number of H-pyrrole nitrogens is 1. The third-order valence-electron chi connectivity index (χ3n) is 2.03. The van der Waals surface area contributed by atoms with Crippen molar-refractivity contribution in [3.8, 4) is 0 Å². The minimum Gasteiger partial charge on any atom is -0.481 e. The van der Waals surface area contributed by atoms with E-state index in [1.165, 1.54) is 4.98 Å². The van der Waals surface area contributed by atoms with Gasteiger partial charge in [-0.25, -0.2) is 8.78 Å². The normalized spacial score (nSPS) is 11.9. The van der Waals surface area contributed by atoms with E-state index >= 15 is 0 Å². The summed E-state index contributed by atoms with van der Waals surface area (Å²) in [4.78, 5) is 23.1. The van der Waals surface area contributed by atoms with Gasteiger partial charge >= 0.3 is 12.1 Å². The van der Waals surface area contributed by atoms with Crippen LogP contribution in [0.2, 0.25) is 0 Å². The third-order valence-corrected chi connectivity index (χ3v) is 2.03. The van der Waals surface area contributed by atoms with E-state index < -0.39 is 47.4 Å². The molecule has 0 atom stereocenters. The van der Waals surface area contributed by atoms with Crippen LogP contribution in [0.1, 0.15) is 23.2 Å². The lowest BCUT2D eigenvalue weighted by Crippen LogP contribution is -2.24. The lowest BCUT2D eigenvalue weighted by molar-refractivity contribution is -0.140. The van der Waals surface area contributed by atoms with Crippen molar-refractivity contribution in [3.05, 3.63) is 33.2 Å². The fourth-order valence-corrected chi connectivity index (χ4v) is 1.30. The Morgan fingerprint density at radius 2 is 1.94 bits per heavy atom. The number of nitrogens with one attached hydrogen (secondary N) is 1. The maximum absolute atomic E-state index is 12.5. The highest BCUT2D eigenvalue weighted by molar-refractivity contribution is 5.70. The van der Waals surface area contributed by atoms with Crippen LogP contribution in [0, 0.1) is 0 Å². The SMILES string of the molecule is O=C(O)Cc1c(C(F)(F)F)cc(C(F)F)[nH]c1=O. The predicted octanol–water partition coefficient (Wildman–Crippen LogP) is 1.96. The number of carbonyl (C=O) groups is 1. The van der Waals surface area contributed by atoms with Crippen molar-refractivity contribution in [2.45, 2.75) is 19.0 Å². The van der Waals surface area contributed by atoms with Crippen LogP contribution in [0.4, 0.5) is 22.0 Å². The maximum atomic E-state index is 12.5. The van der Waals surface area contributed by atoms with Crippen LogP contribution in [0.5, 0.6) is 0 Å². The zero-order chi connectivity index (χ0) is 14.1. The second kappa shape index (κ2) is 4.75. The summed E-state index contributed by atoms with van der Waals surface area (Å²) in [7, 11) is 0. The summed E-state index contributed by atoms with van der Waals surface area (Å²) >= 11 is 0. The van der Waals surface area contributed by atoms with E-state index in [0.717, 1.165) is 0 Å². The van der Waals surface area contributed by atoms with Gasteiger partial charge in [0.2, 0.25) is 0 Å². The number of hydrogen-bond donors (Lipinski definition) is 2. The smallest absolute Gasteiger partial charge is 0.416 e. The van der Waals surface area contributed by atoms with E-state index in [1.807, 2.05) is 0 Å². The summed E-state index contributed by atoms with van der Waals surface area (Å²) in [5.41, 5.74) is -5.45. The van der Waals surface area contributed by atoms with Gasteiger partial charge in [0.15, 0.2) is 0 Å². The minimum atomic E-state index is -5.08. The largest absolute Gasteiger partial charge is 0.481 e. The topological polar surface area (TPSA) is 70.2 Å². The monoisotopic (exact) mass is 271 g/mol. The maximum Gasteiger partial charge on any atom is 0.416 e. The highest BCUT2D eigenvalue weighted by atomic mass is 19.4. The van der Waals surface area contributed by atoms with Crippen LogP contribution in [0.3, 0.4) is 0 Å². The van der Waals surface area contributed by atoms with Gasteiger partial charge in [0.1, 0.15) is 0 Å². The Morgan fingerprint density at radius 1 is 1.39 bits per heavy atom. The van der Waals surface area contributed by atoms with E-state index in [-0.39, 0.29) is 6.07 Å². The number of rotatable bonds is 3. The van der Waals surface area contributed by atoms with Gasteiger partial charge in [-0.15, -0.1) is 0 Å². The first-order valence-electron chi connectivity index (χ1n) is 4.46. The highest BCUT2D eigenvalue weighted by Crippen LogP contribution is 2.32.